The molecule has 2 aromatic rings. The standard InChI is InChI=1S/C11H16N4S/c1-9-13-7-11(16-9)3-4-12-5-10-6-14-15(2)8-10/h6-8,12H,3-5H2,1-2H3. The highest BCUT2D eigenvalue weighted by Crippen LogP contribution is 2.11. The smallest absolute Gasteiger partial charge is 0.0896 e. The van der Waals surface area contributed by atoms with Crippen molar-refractivity contribution in [2.75, 3.05) is 6.54 Å². The summed E-state index contributed by atoms with van der Waals surface area (Å²) in [6.45, 7) is 3.90. The highest BCUT2D eigenvalue weighted by atomic mass is 32.1. The predicted molar refractivity (Wildman–Crippen MR) is 65.5 cm³/mol. The van der Waals surface area contributed by atoms with E-state index >= 15 is 0 Å². The quantitative estimate of drug-likeness (QED) is 0.800. The zero-order chi connectivity index (χ0) is 11.4. The molecule has 0 aliphatic heterocycles. The first-order valence-electron chi connectivity index (χ1n) is 5.33. The van der Waals surface area contributed by atoms with E-state index in [0.717, 1.165) is 24.5 Å². The minimum atomic E-state index is 0.881. The molecule has 4 nitrogen and oxygen atoms in total. The Hall–Kier alpha value is -1.20. The van der Waals surface area contributed by atoms with Gasteiger partial charge in [0, 0.05) is 43.0 Å². The lowest BCUT2D eigenvalue weighted by atomic mass is 10.3. The molecule has 0 aromatic carbocycles. The molecule has 0 aliphatic carbocycles. The van der Waals surface area contributed by atoms with Crippen molar-refractivity contribution in [3.05, 3.63) is 34.0 Å². The van der Waals surface area contributed by atoms with Crippen LogP contribution in [0, 0.1) is 6.92 Å². The van der Waals surface area contributed by atoms with Crippen molar-refractivity contribution >= 4 is 11.3 Å². The van der Waals surface area contributed by atoms with Crippen molar-refractivity contribution in [2.24, 2.45) is 7.05 Å². The second kappa shape index (κ2) is 5.23. The van der Waals surface area contributed by atoms with Crippen LogP contribution in [0.1, 0.15) is 15.4 Å². The fraction of sp³-hybridized carbons (Fsp3) is 0.455. The van der Waals surface area contributed by atoms with Crippen LogP contribution in [-0.2, 0) is 20.0 Å². The van der Waals surface area contributed by atoms with E-state index in [2.05, 4.69) is 15.4 Å². The molecular formula is C11H16N4S. The number of hydrogen-bond acceptors (Lipinski definition) is 4. The number of thiazole rings is 1. The summed E-state index contributed by atoms with van der Waals surface area (Å²) >= 11 is 1.77. The number of hydrogen-bond donors (Lipinski definition) is 1. The monoisotopic (exact) mass is 236 g/mol. The van der Waals surface area contributed by atoms with Gasteiger partial charge in [0.2, 0.25) is 0 Å². The Morgan fingerprint density at radius 2 is 2.31 bits per heavy atom. The third-order valence-corrected chi connectivity index (χ3v) is 3.28. The molecule has 1 N–H and O–H groups in total. The third-order valence-electron chi connectivity index (χ3n) is 2.30. The molecule has 0 fully saturated rings. The molecule has 2 rings (SSSR count). The van der Waals surface area contributed by atoms with Gasteiger partial charge < -0.3 is 5.32 Å². The van der Waals surface area contributed by atoms with Crippen molar-refractivity contribution in [1.82, 2.24) is 20.1 Å². The van der Waals surface area contributed by atoms with E-state index in [0.29, 0.717) is 0 Å². The Morgan fingerprint density at radius 3 is 2.94 bits per heavy atom. The van der Waals surface area contributed by atoms with Gasteiger partial charge in [0.1, 0.15) is 0 Å². The largest absolute Gasteiger partial charge is 0.312 e. The SMILES string of the molecule is Cc1ncc(CCNCc2cnn(C)c2)s1. The molecule has 0 unspecified atom stereocenters. The number of nitrogens with one attached hydrogen (secondary N) is 1. The Kier molecular flexibility index (Phi) is 3.69. The number of rotatable bonds is 5. The second-order valence-electron chi connectivity index (χ2n) is 3.79. The fourth-order valence-corrected chi connectivity index (χ4v) is 2.32. The van der Waals surface area contributed by atoms with Crippen molar-refractivity contribution < 1.29 is 0 Å². The molecule has 0 bridgehead atoms. The van der Waals surface area contributed by atoms with E-state index in [-0.39, 0.29) is 0 Å². The summed E-state index contributed by atoms with van der Waals surface area (Å²) in [4.78, 5) is 5.58. The van der Waals surface area contributed by atoms with Crippen LogP contribution >= 0.6 is 11.3 Å². The summed E-state index contributed by atoms with van der Waals surface area (Å²) in [6.07, 6.45) is 6.94. The van der Waals surface area contributed by atoms with Gasteiger partial charge in [-0.1, -0.05) is 0 Å². The van der Waals surface area contributed by atoms with Crippen LogP contribution < -0.4 is 5.32 Å². The first-order valence-corrected chi connectivity index (χ1v) is 6.15. The van der Waals surface area contributed by atoms with Gasteiger partial charge in [-0.2, -0.15) is 5.10 Å². The summed E-state index contributed by atoms with van der Waals surface area (Å²) < 4.78 is 1.82. The maximum absolute atomic E-state index is 4.23. The van der Waals surface area contributed by atoms with E-state index in [9.17, 15) is 0 Å². The topological polar surface area (TPSA) is 42.7 Å². The Bertz CT molecular complexity index is 404. The molecule has 0 saturated heterocycles. The Morgan fingerprint density at radius 1 is 1.44 bits per heavy atom. The van der Waals surface area contributed by atoms with E-state index in [1.165, 1.54) is 10.4 Å². The van der Waals surface area contributed by atoms with Crippen molar-refractivity contribution in [1.29, 1.82) is 0 Å². The molecule has 2 heterocycles. The molecular weight excluding hydrogens is 220 g/mol. The molecule has 5 heteroatoms. The van der Waals surface area contributed by atoms with Crippen molar-refractivity contribution in [2.45, 2.75) is 19.9 Å². The number of nitrogens with zero attached hydrogens (tertiary/aromatic N) is 3. The van der Waals surface area contributed by atoms with Crippen molar-refractivity contribution in [3.63, 3.8) is 0 Å². The summed E-state index contributed by atoms with van der Waals surface area (Å²) in [5, 5.41) is 8.66. The lowest BCUT2D eigenvalue weighted by Gasteiger charge is -2.00. The molecule has 86 valence electrons. The lowest BCUT2D eigenvalue weighted by molar-refractivity contribution is 0.689. The van der Waals surface area contributed by atoms with Gasteiger partial charge in [-0.05, 0) is 13.3 Å². The van der Waals surface area contributed by atoms with Gasteiger partial charge in [-0.3, -0.25) is 4.68 Å². The van der Waals surface area contributed by atoms with Crippen LogP contribution in [0.4, 0.5) is 0 Å². The molecule has 16 heavy (non-hydrogen) atoms. The van der Waals surface area contributed by atoms with E-state index < -0.39 is 0 Å². The van der Waals surface area contributed by atoms with Crippen LogP contribution in [0.3, 0.4) is 0 Å². The summed E-state index contributed by atoms with van der Waals surface area (Å²) in [5.74, 6) is 0. The van der Waals surface area contributed by atoms with Gasteiger partial charge in [-0.15, -0.1) is 11.3 Å². The summed E-state index contributed by atoms with van der Waals surface area (Å²) in [5.41, 5.74) is 1.22. The molecule has 2 aromatic heterocycles. The number of aromatic nitrogens is 3. The van der Waals surface area contributed by atoms with E-state index in [1.54, 1.807) is 11.3 Å². The van der Waals surface area contributed by atoms with Crippen LogP contribution in [-0.4, -0.2) is 21.3 Å². The maximum Gasteiger partial charge on any atom is 0.0896 e. The van der Waals surface area contributed by atoms with Crippen LogP contribution in [0.5, 0.6) is 0 Å². The van der Waals surface area contributed by atoms with Crippen LogP contribution in [0.2, 0.25) is 0 Å². The Balaban J connectivity index is 1.69. The van der Waals surface area contributed by atoms with Crippen molar-refractivity contribution in [3.8, 4) is 0 Å². The molecule has 0 spiro atoms. The summed E-state index contributed by atoms with van der Waals surface area (Å²) in [6, 6.07) is 0. The minimum Gasteiger partial charge on any atom is -0.312 e. The third kappa shape index (κ3) is 3.15. The predicted octanol–water partition coefficient (Wildman–Crippen LogP) is 1.52. The number of aryl methyl sites for hydroxylation is 2. The first kappa shape index (κ1) is 11.3. The van der Waals surface area contributed by atoms with Gasteiger partial charge in [0.25, 0.3) is 0 Å². The molecule has 0 amide bonds. The maximum atomic E-state index is 4.23. The molecule has 0 saturated carbocycles. The molecule has 0 radical (unpaired) electrons. The summed E-state index contributed by atoms with van der Waals surface area (Å²) in [7, 11) is 1.93. The lowest BCUT2D eigenvalue weighted by Crippen LogP contribution is -2.15. The van der Waals surface area contributed by atoms with E-state index in [1.807, 2.05) is 37.2 Å². The first-order chi connectivity index (χ1) is 7.74. The Labute approximate surface area is 99.3 Å². The second-order valence-corrected chi connectivity index (χ2v) is 5.11. The van der Waals surface area contributed by atoms with Gasteiger partial charge >= 0.3 is 0 Å². The van der Waals surface area contributed by atoms with Crippen LogP contribution in [0.25, 0.3) is 0 Å². The average Bonchev–Trinajstić information content (AvgIpc) is 2.83. The minimum absolute atomic E-state index is 0.881. The highest BCUT2D eigenvalue weighted by Gasteiger charge is 1.98. The zero-order valence-corrected chi connectivity index (χ0v) is 10.4. The average molecular weight is 236 g/mol. The molecule has 0 aliphatic rings. The highest BCUT2D eigenvalue weighted by molar-refractivity contribution is 7.11. The van der Waals surface area contributed by atoms with Crippen LogP contribution in [0.15, 0.2) is 18.6 Å². The van der Waals surface area contributed by atoms with E-state index in [4.69, 9.17) is 0 Å². The normalized spacial score (nSPS) is 10.9. The zero-order valence-electron chi connectivity index (χ0n) is 9.60. The van der Waals surface area contributed by atoms with Gasteiger partial charge in [-0.25, -0.2) is 4.98 Å². The van der Waals surface area contributed by atoms with Gasteiger partial charge in [0.15, 0.2) is 0 Å². The van der Waals surface area contributed by atoms with Gasteiger partial charge in [0.05, 0.1) is 11.2 Å². The molecule has 0 atom stereocenters. The fourth-order valence-electron chi connectivity index (χ4n) is 1.53.